The van der Waals surface area contributed by atoms with Gasteiger partial charge in [0.05, 0.1) is 0 Å². The second kappa shape index (κ2) is 5.71. The van der Waals surface area contributed by atoms with Gasteiger partial charge in [0.25, 0.3) is 0 Å². The minimum Gasteiger partial charge on any atom is -0.327 e. The highest BCUT2D eigenvalue weighted by molar-refractivity contribution is 4.84. The molecule has 2 unspecified atom stereocenters. The zero-order valence-electron chi connectivity index (χ0n) is 11.8. The Labute approximate surface area is 107 Å². The molecule has 2 atom stereocenters. The molecule has 0 radical (unpaired) electrons. The molecule has 2 N–H and O–H groups in total. The van der Waals surface area contributed by atoms with Crippen LogP contribution in [0.25, 0.3) is 0 Å². The van der Waals surface area contributed by atoms with Crippen LogP contribution in [0, 0.1) is 11.3 Å². The van der Waals surface area contributed by atoms with Crippen molar-refractivity contribution in [1.29, 1.82) is 0 Å². The van der Waals surface area contributed by atoms with Crippen LogP contribution >= 0.6 is 0 Å². The largest absolute Gasteiger partial charge is 0.327 e. The first-order valence-corrected chi connectivity index (χ1v) is 7.55. The van der Waals surface area contributed by atoms with Gasteiger partial charge < -0.3 is 10.6 Å². The third-order valence-electron chi connectivity index (χ3n) is 4.69. The number of rotatable bonds is 2. The Balaban J connectivity index is 1.86. The zero-order chi connectivity index (χ0) is 12.3. The van der Waals surface area contributed by atoms with E-state index < -0.39 is 0 Å². The smallest absolute Gasteiger partial charge is 0.00793 e. The van der Waals surface area contributed by atoms with Crippen LogP contribution in [0.1, 0.15) is 58.8 Å². The summed E-state index contributed by atoms with van der Waals surface area (Å²) in [5, 5.41) is 0. The molecule has 0 aromatic rings. The van der Waals surface area contributed by atoms with Crippen LogP contribution in [0.2, 0.25) is 0 Å². The van der Waals surface area contributed by atoms with Gasteiger partial charge in [0.1, 0.15) is 0 Å². The van der Waals surface area contributed by atoms with Crippen molar-refractivity contribution in [3.8, 4) is 0 Å². The highest BCUT2D eigenvalue weighted by Gasteiger charge is 2.29. The molecule has 1 aliphatic carbocycles. The summed E-state index contributed by atoms with van der Waals surface area (Å²) in [5.41, 5.74) is 6.86. The van der Waals surface area contributed by atoms with Crippen molar-refractivity contribution in [2.45, 2.75) is 64.8 Å². The highest BCUT2D eigenvalue weighted by Crippen LogP contribution is 2.30. The minimum atomic E-state index is 0.461. The summed E-state index contributed by atoms with van der Waals surface area (Å²) >= 11 is 0. The van der Waals surface area contributed by atoms with Gasteiger partial charge in [-0.1, -0.05) is 33.1 Å². The van der Waals surface area contributed by atoms with Crippen molar-refractivity contribution in [1.82, 2.24) is 4.90 Å². The molecule has 2 nitrogen and oxygen atoms in total. The Morgan fingerprint density at radius 3 is 2.65 bits per heavy atom. The molecule has 0 bridgehead atoms. The molecule has 2 aliphatic rings. The standard InChI is InChI=1S/C15H30N2/c1-15(2)9-6-10-17(12-15)11-13-7-4-3-5-8-14(13)16/h13-14H,3-12,16H2,1-2H3. The van der Waals surface area contributed by atoms with E-state index in [2.05, 4.69) is 18.7 Å². The Morgan fingerprint density at radius 1 is 1.12 bits per heavy atom. The summed E-state index contributed by atoms with van der Waals surface area (Å²) in [6.45, 7) is 8.64. The Bertz CT molecular complexity index is 237. The first-order chi connectivity index (χ1) is 8.07. The molecule has 2 rings (SSSR count). The van der Waals surface area contributed by atoms with Crippen molar-refractivity contribution in [3.63, 3.8) is 0 Å². The molecule has 0 aromatic carbocycles. The number of hydrogen-bond donors (Lipinski definition) is 1. The van der Waals surface area contributed by atoms with Gasteiger partial charge in [0, 0.05) is 19.1 Å². The van der Waals surface area contributed by atoms with Crippen LogP contribution in [-0.4, -0.2) is 30.6 Å². The van der Waals surface area contributed by atoms with E-state index in [1.165, 1.54) is 64.6 Å². The van der Waals surface area contributed by atoms with Gasteiger partial charge in [-0.2, -0.15) is 0 Å². The first kappa shape index (κ1) is 13.4. The molecule has 100 valence electrons. The van der Waals surface area contributed by atoms with E-state index in [0.717, 1.165) is 5.92 Å². The normalized spacial score (nSPS) is 35.5. The van der Waals surface area contributed by atoms with Gasteiger partial charge in [-0.15, -0.1) is 0 Å². The van der Waals surface area contributed by atoms with Crippen molar-refractivity contribution in [2.75, 3.05) is 19.6 Å². The molecule has 1 saturated heterocycles. The second-order valence-corrected chi connectivity index (χ2v) is 7.06. The molecule has 1 saturated carbocycles. The molecular formula is C15H30N2. The number of piperidine rings is 1. The van der Waals surface area contributed by atoms with Crippen molar-refractivity contribution >= 4 is 0 Å². The lowest BCUT2D eigenvalue weighted by atomic mass is 9.83. The molecular weight excluding hydrogens is 208 g/mol. The molecule has 1 heterocycles. The summed E-state index contributed by atoms with van der Waals surface area (Å²) in [6.07, 6.45) is 9.52. The molecule has 17 heavy (non-hydrogen) atoms. The van der Waals surface area contributed by atoms with E-state index in [4.69, 9.17) is 5.73 Å². The van der Waals surface area contributed by atoms with E-state index >= 15 is 0 Å². The third kappa shape index (κ3) is 3.96. The zero-order valence-corrected chi connectivity index (χ0v) is 11.8. The molecule has 0 spiro atoms. The van der Waals surface area contributed by atoms with Gasteiger partial charge in [-0.25, -0.2) is 0 Å². The second-order valence-electron chi connectivity index (χ2n) is 7.06. The van der Waals surface area contributed by atoms with Gasteiger partial charge >= 0.3 is 0 Å². The summed E-state index contributed by atoms with van der Waals surface area (Å²) in [5.74, 6) is 0.756. The van der Waals surface area contributed by atoms with Crippen molar-refractivity contribution in [2.24, 2.45) is 17.1 Å². The third-order valence-corrected chi connectivity index (χ3v) is 4.69. The molecule has 1 aliphatic heterocycles. The average Bonchev–Trinajstić information content (AvgIpc) is 2.43. The maximum atomic E-state index is 6.34. The molecule has 2 heteroatoms. The number of hydrogen-bond acceptors (Lipinski definition) is 2. The number of nitrogens with two attached hydrogens (primary N) is 1. The highest BCUT2D eigenvalue weighted by atomic mass is 15.1. The maximum absolute atomic E-state index is 6.34. The number of nitrogens with zero attached hydrogens (tertiary/aromatic N) is 1. The Hall–Kier alpha value is -0.0800. The van der Waals surface area contributed by atoms with Crippen molar-refractivity contribution < 1.29 is 0 Å². The fourth-order valence-corrected chi connectivity index (χ4v) is 3.67. The average molecular weight is 238 g/mol. The maximum Gasteiger partial charge on any atom is 0.00793 e. The monoisotopic (exact) mass is 238 g/mol. The van der Waals surface area contributed by atoms with E-state index in [0.29, 0.717) is 11.5 Å². The van der Waals surface area contributed by atoms with Gasteiger partial charge in [-0.3, -0.25) is 0 Å². The lowest BCUT2D eigenvalue weighted by Gasteiger charge is -2.40. The number of likely N-dealkylation sites (tertiary alicyclic amines) is 1. The lowest BCUT2D eigenvalue weighted by molar-refractivity contribution is 0.0951. The SMILES string of the molecule is CC1(C)CCCN(CC2CCCCCC2N)C1. The molecule has 0 amide bonds. The molecule has 2 fully saturated rings. The van der Waals surface area contributed by atoms with E-state index in [9.17, 15) is 0 Å². The molecule has 0 aromatic heterocycles. The summed E-state index contributed by atoms with van der Waals surface area (Å²) < 4.78 is 0. The van der Waals surface area contributed by atoms with Crippen LogP contribution in [0.3, 0.4) is 0 Å². The van der Waals surface area contributed by atoms with Crippen LogP contribution < -0.4 is 5.73 Å². The van der Waals surface area contributed by atoms with E-state index in [-0.39, 0.29) is 0 Å². The lowest BCUT2D eigenvalue weighted by Crippen LogP contribution is -2.45. The Kier molecular flexibility index (Phi) is 4.48. The fraction of sp³-hybridized carbons (Fsp3) is 1.00. The summed E-state index contributed by atoms with van der Waals surface area (Å²) in [7, 11) is 0. The van der Waals surface area contributed by atoms with Crippen LogP contribution in [0.4, 0.5) is 0 Å². The summed E-state index contributed by atoms with van der Waals surface area (Å²) in [4.78, 5) is 2.68. The van der Waals surface area contributed by atoms with E-state index in [1.54, 1.807) is 0 Å². The summed E-state index contributed by atoms with van der Waals surface area (Å²) in [6, 6.07) is 0.461. The first-order valence-electron chi connectivity index (χ1n) is 7.55. The topological polar surface area (TPSA) is 29.3 Å². The Morgan fingerprint density at radius 2 is 1.88 bits per heavy atom. The van der Waals surface area contributed by atoms with Crippen LogP contribution in [0.5, 0.6) is 0 Å². The fourth-order valence-electron chi connectivity index (χ4n) is 3.67. The van der Waals surface area contributed by atoms with E-state index in [1.807, 2.05) is 0 Å². The van der Waals surface area contributed by atoms with Crippen LogP contribution in [-0.2, 0) is 0 Å². The minimum absolute atomic E-state index is 0.461. The van der Waals surface area contributed by atoms with Gasteiger partial charge in [-0.05, 0) is 43.6 Å². The predicted molar refractivity (Wildman–Crippen MR) is 74.0 cm³/mol. The van der Waals surface area contributed by atoms with Crippen LogP contribution in [0.15, 0.2) is 0 Å². The van der Waals surface area contributed by atoms with Gasteiger partial charge in [0.15, 0.2) is 0 Å². The van der Waals surface area contributed by atoms with Gasteiger partial charge in [0.2, 0.25) is 0 Å². The van der Waals surface area contributed by atoms with Crippen molar-refractivity contribution in [3.05, 3.63) is 0 Å². The predicted octanol–water partition coefficient (Wildman–Crippen LogP) is 3.02. The quantitative estimate of drug-likeness (QED) is 0.749.